The molecular weight excluding hydrogens is 410 g/mol. The Morgan fingerprint density at radius 2 is 1.61 bits per heavy atom. The maximum Gasteiger partial charge on any atom is 0.264 e. The van der Waals surface area contributed by atoms with E-state index in [1.807, 2.05) is 58.0 Å². The second-order valence-corrected chi connectivity index (χ2v) is 9.79. The highest BCUT2D eigenvalue weighted by Crippen LogP contribution is 2.19. The molecule has 0 bridgehead atoms. The molecule has 1 aliphatic heterocycles. The number of nitrogens with zero attached hydrogens (tertiary/aromatic N) is 2. The molecule has 7 heteroatoms. The number of amides is 3. The molecule has 0 spiro atoms. The molecule has 3 amide bonds. The average Bonchev–Trinajstić information content (AvgIpc) is 3.18. The van der Waals surface area contributed by atoms with Crippen molar-refractivity contribution in [3.63, 3.8) is 0 Å². The van der Waals surface area contributed by atoms with Crippen LogP contribution in [0.5, 0.6) is 0 Å². The van der Waals surface area contributed by atoms with E-state index in [0.29, 0.717) is 38.2 Å². The molecule has 0 aliphatic carbocycles. The van der Waals surface area contributed by atoms with E-state index >= 15 is 0 Å². The van der Waals surface area contributed by atoms with Gasteiger partial charge in [-0.1, -0.05) is 32.0 Å². The summed E-state index contributed by atoms with van der Waals surface area (Å²) in [5, 5.41) is 2.96. The summed E-state index contributed by atoms with van der Waals surface area (Å²) < 4.78 is 0. The Morgan fingerprint density at radius 3 is 2.19 bits per heavy atom. The lowest BCUT2D eigenvalue weighted by Crippen LogP contribution is -2.56. The zero-order valence-corrected chi connectivity index (χ0v) is 19.5. The van der Waals surface area contributed by atoms with Gasteiger partial charge < -0.3 is 15.1 Å². The molecule has 2 aromatic rings. The second-order valence-electron chi connectivity index (χ2n) is 8.50. The highest BCUT2D eigenvalue weighted by atomic mass is 32.1. The number of nitrogens with one attached hydrogen (secondary N) is 1. The number of carbonyl (C=O) groups excluding carboxylic acids is 3. The van der Waals surface area contributed by atoms with Crippen molar-refractivity contribution in [2.24, 2.45) is 5.92 Å². The SMILES string of the molecule is Cc1ccc(C(=O)N2CCN(C(=O)C(CC(C)C)NC(=O)c3ccccc3C)CC2)s1. The molecule has 3 rings (SSSR count). The molecule has 1 fully saturated rings. The predicted octanol–water partition coefficient (Wildman–Crippen LogP) is 3.49. The normalized spacial score (nSPS) is 15.1. The Labute approximate surface area is 188 Å². The first kappa shape index (κ1) is 23.0. The monoisotopic (exact) mass is 441 g/mol. The van der Waals surface area contributed by atoms with E-state index in [1.165, 1.54) is 11.3 Å². The highest BCUT2D eigenvalue weighted by molar-refractivity contribution is 7.13. The molecular formula is C24H31N3O3S. The van der Waals surface area contributed by atoms with Gasteiger partial charge in [-0.25, -0.2) is 0 Å². The molecule has 166 valence electrons. The Kier molecular flexibility index (Phi) is 7.49. The van der Waals surface area contributed by atoms with Crippen molar-refractivity contribution in [3.05, 3.63) is 57.3 Å². The van der Waals surface area contributed by atoms with Crippen molar-refractivity contribution in [3.8, 4) is 0 Å². The van der Waals surface area contributed by atoms with Crippen molar-refractivity contribution in [2.75, 3.05) is 26.2 Å². The van der Waals surface area contributed by atoms with E-state index in [0.717, 1.165) is 15.3 Å². The van der Waals surface area contributed by atoms with Gasteiger partial charge in [-0.3, -0.25) is 14.4 Å². The molecule has 6 nitrogen and oxygen atoms in total. The summed E-state index contributed by atoms with van der Waals surface area (Å²) in [6.07, 6.45) is 0.573. The van der Waals surface area contributed by atoms with Crippen molar-refractivity contribution >= 4 is 29.1 Å². The maximum absolute atomic E-state index is 13.2. The van der Waals surface area contributed by atoms with Gasteiger partial charge in [-0.05, 0) is 49.9 Å². The molecule has 1 aliphatic rings. The fraction of sp³-hybridized carbons (Fsp3) is 0.458. The first-order chi connectivity index (χ1) is 14.8. The molecule has 1 aromatic carbocycles. The van der Waals surface area contributed by atoms with E-state index in [2.05, 4.69) is 5.32 Å². The highest BCUT2D eigenvalue weighted by Gasteiger charge is 2.31. The van der Waals surface area contributed by atoms with E-state index in [9.17, 15) is 14.4 Å². The Balaban J connectivity index is 1.63. The van der Waals surface area contributed by atoms with Crippen LogP contribution in [0.1, 0.15) is 50.7 Å². The first-order valence-electron chi connectivity index (χ1n) is 10.8. The van der Waals surface area contributed by atoms with Crippen molar-refractivity contribution < 1.29 is 14.4 Å². The molecule has 1 saturated heterocycles. The van der Waals surface area contributed by atoms with Crippen LogP contribution in [0.15, 0.2) is 36.4 Å². The van der Waals surface area contributed by atoms with Gasteiger partial charge in [-0.2, -0.15) is 0 Å². The number of carbonyl (C=O) groups is 3. The molecule has 0 saturated carbocycles. The van der Waals surface area contributed by atoms with Crippen LogP contribution in [0.4, 0.5) is 0 Å². The summed E-state index contributed by atoms with van der Waals surface area (Å²) in [5.41, 5.74) is 1.47. The number of thiophene rings is 1. The van der Waals surface area contributed by atoms with Gasteiger partial charge in [-0.15, -0.1) is 11.3 Å². The van der Waals surface area contributed by atoms with E-state index in [1.54, 1.807) is 15.9 Å². The molecule has 1 atom stereocenters. The first-order valence-corrected chi connectivity index (χ1v) is 11.6. The Bertz CT molecular complexity index is 945. The topological polar surface area (TPSA) is 69.7 Å². The fourth-order valence-electron chi connectivity index (χ4n) is 3.81. The van der Waals surface area contributed by atoms with Gasteiger partial charge in [0.15, 0.2) is 0 Å². The third kappa shape index (κ3) is 5.73. The largest absolute Gasteiger partial charge is 0.340 e. The quantitative estimate of drug-likeness (QED) is 0.746. The van der Waals surface area contributed by atoms with E-state index in [-0.39, 0.29) is 23.6 Å². The summed E-state index contributed by atoms with van der Waals surface area (Å²) in [6.45, 7) is 9.91. The number of rotatable bonds is 6. The molecule has 0 radical (unpaired) electrons. The molecule has 1 aromatic heterocycles. The van der Waals surface area contributed by atoms with E-state index in [4.69, 9.17) is 0 Å². The van der Waals surface area contributed by atoms with Gasteiger partial charge in [0.05, 0.1) is 4.88 Å². The van der Waals surface area contributed by atoms with E-state index < -0.39 is 6.04 Å². The second kappa shape index (κ2) is 10.1. The third-order valence-corrected chi connectivity index (χ3v) is 6.52. The minimum atomic E-state index is -0.575. The zero-order valence-electron chi connectivity index (χ0n) is 18.7. The van der Waals surface area contributed by atoms with Gasteiger partial charge in [0.25, 0.3) is 11.8 Å². The maximum atomic E-state index is 13.2. The number of hydrogen-bond acceptors (Lipinski definition) is 4. The summed E-state index contributed by atoms with van der Waals surface area (Å²) in [7, 11) is 0. The lowest BCUT2D eigenvalue weighted by atomic mass is 10.0. The van der Waals surface area contributed by atoms with Gasteiger partial charge in [0, 0.05) is 36.6 Å². The zero-order chi connectivity index (χ0) is 22.5. The Hall–Kier alpha value is -2.67. The Morgan fingerprint density at radius 1 is 0.968 bits per heavy atom. The van der Waals surface area contributed by atoms with Crippen LogP contribution < -0.4 is 5.32 Å². The van der Waals surface area contributed by atoms with Crippen molar-refractivity contribution in [2.45, 2.75) is 40.2 Å². The van der Waals surface area contributed by atoms with Crippen molar-refractivity contribution in [1.82, 2.24) is 15.1 Å². The summed E-state index contributed by atoms with van der Waals surface area (Å²) in [4.78, 5) is 44.2. The standard InChI is InChI=1S/C24H31N3O3S/c1-16(2)15-20(25-22(28)19-8-6-5-7-17(19)3)23(29)26-11-13-27(14-12-26)24(30)21-10-9-18(4)31-21/h5-10,16,20H,11-15H2,1-4H3,(H,25,28). The van der Waals surface area contributed by atoms with Gasteiger partial charge >= 0.3 is 0 Å². The summed E-state index contributed by atoms with van der Waals surface area (Å²) in [6, 6.07) is 10.6. The van der Waals surface area contributed by atoms with Crippen LogP contribution in [0.2, 0.25) is 0 Å². The summed E-state index contributed by atoms with van der Waals surface area (Å²) >= 11 is 1.49. The lowest BCUT2D eigenvalue weighted by Gasteiger charge is -2.36. The van der Waals surface area contributed by atoms with Crippen molar-refractivity contribution in [1.29, 1.82) is 0 Å². The van der Waals surface area contributed by atoms with Gasteiger partial charge in [0.1, 0.15) is 6.04 Å². The summed E-state index contributed by atoms with van der Waals surface area (Å²) in [5.74, 6) is -0.0125. The number of hydrogen-bond donors (Lipinski definition) is 1. The lowest BCUT2D eigenvalue weighted by molar-refractivity contribution is -0.135. The molecule has 1 N–H and O–H groups in total. The molecule has 2 heterocycles. The number of aryl methyl sites for hydroxylation is 2. The molecule has 1 unspecified atom stereocenters. The van der Waals surface area contributed by atoms with Gasteiger partial charge in [0.2, 0.25) is 5.91 Å². The molecule has 31 heavy (non-hydrogen) atoms. The number of piperazine rings is 1. The number of benzene rings is 1. The third-order valence-electron chi connectivity index (χ3n) is 5.53. The smallest absolute Gasteiger partial charge is 0.264 e. The predicted molar refractivity (Wildman–Crippen MR) is 123 cm³/mol. The van der Waals surface area contributed by atoms with Crippen LogP contribution in [-0.4, -0.2) is 59.7 Å². The van der Waals surface area contributed by atoms with Crippen LogP contribution in [0, 0.1) is 19.8 Å². The fourth-order valence-corrected chi connectivity index (χ4v) is 4.65. The van der Waals surface area contributed by atoms with Crippen LogP contribution in [0.3, 0.4) is 0 Å². The van der Waals surface area contributed by atoms with Crippen LogP contribution in [0.25, 0.3) is 0 Å². The van der Waals surface area contributed by atoms with Crippen LogP contribution >= 0.6 is 11.3 Å². The van der Waals surface area contributed by atoms with Crippen LogP contribution in [-0.2, 0) is 4.79 Å². The average molecular weight is 442 g/mol. The minimum Gasteiger partial charge on any atom is -0.340 e. The minimum absolute atomic E-state index is 0.0248.